The van der Waals surface area contributed by atoms with E-state index in [0.717, 1.165) is 5.56 Å². The molecule has 0 aliphatic heterocycles. The zero-order valence-corrected chi connectivity index (χ0v) is 12.9. The highest BCUT2D eigenvalue weighted by Gasteiger charge is 2.07. The van der Waals surface area contributed by atoms with Gasteiger partial charge in [0.05, 0.1) is 0 Å². The fraction of sp³-hybridized carbons (Fsp3) is 0.316. The Kier molecular flexibility index (Phi) is 5.15. The maximum atomic E-state index is 11.9. The van der Waals surface area contributed by atoms with Crippen molar-refractivity contribution in [1.29, 1.82) is 0 Å². The van der Waals surface area contributed by atoms with Crippen molar-refractivity contribution in [3.8, 4) is 5.75 Å². The lowest BCUT2D eigenvalue weighted by atomic mass is 10.0. The Bertz CT molecular complexity index is 597. The Hall–Kier alpha value is -2.09. The maximum absolute atomic E-state index is 11.9. The van der Waals surface area contributed by atoms with E-state index < -0.39 is 0 Å². The van der Waals surface area contributed by atoms with Crippen LogP contribution < -0.4 is 4.74 Å². The van der Waals surface area contributed by atoms with E-state index in [0.29, 0.717) is 24.5 Å². The van der Waals surface area contributed by atoms with Gasteiger partial charge in [-0.15, -0.1) is 0 Å². The molecule has 0 unspecified atom stereocenters. The van der Waals surface area contributed by atoms with E-state index in [4.69, 9.17) is 4.74 Å². The Morgan fingerprint density at radius 2 is 1.71 bits per heavy atom. The summed E-state index contributed by atoms with van der Waals surface area (Å²) in [7, 11) is 0. The predicted molar refractivity (Wildman–Crippen MR) is 85.7 cm³/mol. The summed E-state index contributed by atoms with van der Waals surface area (Å²) >= 11 is 0. The molecule has 2 aromatic rings. The summed E-state index contributed by atoms with van der Waals surface area (Å²) < 4.78 is 5.39. The number of aryl methyl sites for hydroxylation is 2. The minimum absolute atomic E-state index is 0.183. The summed E-state index contributed by atoms with van der Waals surface area (Å²) in [5, 5.41) is 0. The SMILES string of the molecule is Cc1ccccc1OC(=O)CCc1ccc(C(C)C)cc1. The van der Waals surface area contributed by atoms with Gasteiger partial charge in [-0.05, 0) is 42.0 Å². The molecule has 0 fully saturated rings. The van der Waals surface area contributed by atoms with E-state index in [1.54, 1.807) is 0 Å². The molecule has 0 aliphatic rings. The number of benzene rings is 2. The van der Waals surface area contributed by atoms with Crippen molar-refractivity contribution in [1.82, 2.24) is 0 Å². The molecule has 2 rings (SSSR count). The molecule has 0 aliphatic carbocycles. The molecule has 0 heterocycles. The zero-order chi connectivity index (χ0) is 15.2. The Morgan fingerprint density at radius 1 is 1.05 bits per heavy atom. The zero-order valence-electron chi connectivity index (χ0n) is 12.9. The highest BCUT2D eigenvalue weighted by Crippen LogP contribution is 2.18. The predicted octanol–water partition coefficient (Wildman–Crippen LogP) is 4.66. The van der Waals surface area contributed by atoms with Crippen molar-refractivity contribution < 1.29 is 9.53 Å². The monoisotopic (exact) mass is 282 g/mol. The first-order valence-electron chi connectivity index (χ1n) is 7.41. The Balaban J connectivity index is 1.88. The van der Waals surface area contributed by atoms with Gasteiger partial charge < -0.3 is 4.74 Å². The van der Waals surface area contributed by atoms with E-state index >= 15 is 0 Å². The Morgan fingerprint density at radius 3 is 2.33 bits per heavy atom. The van der Waals surface area contributed by atoms with Gasteiger partial charge in [0.25, 0.3) is 0 Å². The number of rotatable bonds is 5. The highest BCUT2D eigenvalue weighted by atomic mass is 16.5. The normalized spacial score (nSPS) is 10.7. The van der Waals surface area contributed by atoms with E-state index in [9.17, 15) is 4.79 Å². The number of para-hydroxylation sites is 1. The first kappa shape index (κ1) is 15.3. The third kappa shape index (κ3) is 4.45. The van der Waals surface area contributed by atoms with Crippen LogP contribution in [-0.4, -0.2) is 5.97 Å². The van der Waals surface area contributed by atoms with E-state index in [2.05, 4.69) is 38.1 Å². The molecule has 0 bridgehead atoms. The smallest absolute Gasteiger partial charge is 0.311 e. The van der Waals surface area contributed by atoms with Crippen molar-refractivity contribution in [2.24, 2.45) is 0 Å². The van der Waals surface area contributed by atoms with E-state index in [1.165, 1.54) is 11.1 Å². The van der Waals surface area contributed by atoms with Crippen LogP contribution >= 0.6 is 0 Å². The number of hydrogen-bond acceptors (Lipinski definition) is 2. The first-order chi connectivity index (χ1) is 10.1. The molecule has 0 N–H and O–H groups in total. The molecule has 0 amide bonds. The Labute approximate surface area is 126 Å². The molecule has 0 spiro atoms. The number of hydrogen-bond donors (Lipinski definition) is 0. The van der Waals surface area contributed by atoms with Crippen LogP contribution in [0.15, 0.2) is 48.5 Å². The summed E-state index contributed by atoms with van der Waals surface area (Å²) in [4.78, 5) is 11.9. The largest absolute Gasteiger partial charge is 0.426 e. The molecular formula is C19H22O2. The topological polar surface area (TPSA) is 26.3 Å². The van der Waals surface area contributed by atoms with Gasteiger partial charge in [0.1, 0.15) is 5.75 Å². The van der Waals surface area contributed by atoms with Crippen molar-refractivity contribution in [2.75, 3.05) is 0 Å². The van der Waals surface area contributed by atoms with Gasteiger partial charge in [-0.3, -0.25) is 4.79 Å². The molecule has 0 saturated heterocycles. The third-order valence-corrected chi connectivity index (χ3v) is 3.58. The van der Waals surface area contributed by atoms with Gasteiger partial charge >= 0.3 is 5.97 Å². The average molecular weight is 282 g/mol. The lowest BCUT2D eigenvalue weighted by molar-refractivity contribution is -0.134. The molecule has 2 nitrogen and oxygen atoms in total. The highest BCUT2D eigenvalue weighted by molar-refractivity contribution is 5.73. The summed E-state index contributed by atoms with van der Waals surface area (Å²) in [5.41, 5.74) is 3.47. The molecule has 2 aromatic carbocycles. The molecule has 110 valence electrons. The van der Waals surface area contributed by atoms with Crippen molar-refractivity contribution >= 4 is 5.97 Å². The quantitative estimate of drug-likeness (QED) is 0.589. The second-order valence-corrected chi connectivity index (χ2v) is 5.64. The maximum Gasteiger partial charge on any atom is 0.311 e. The fourth-order valence-corrected chi connectivity index (χ4v) is 2.16. The second kappa shape index (κ2) is 7.07. The molecule has 21 heavy (non-hydrogen) atoms. The van der Waals surface area contributed by atoms with Crippen LogP contribution in [0.3, 0.4) is 0 Å². The van der Waals surface area contributed by atoms with Gasteiger partial charge in [0, 0.05) is 6.42 Å². The fourth-order valence-electron chi connectivity index (χ4n) is 2.16. The van der Waals surface area contributed by atoms with Crippen molar-refractivity contribution in [3.63, 3.8) is 0 Å². The first-order valence-corrected chi connectivity index (χ1v) is 7.41. The van der Waals surface area contributed by atoms with Crippen LogP contribution in [0.2, 0.25) is 0 Å². The van der Waals surface area contributed by atoms with E-state index in [1.807, 2.05) is 31.2 Å². The van der Waals surface area contributed by atoms with Crippen LogP contribution in [0.4, 0.5) is 0 Å². The number of ether oxygens (including phenoxy) is 1. The molecular weight excluding hydrogens is 260 g/mol. The number of carbonyl (C=O) groups excluding carboxylic acids is 1. The lowest BCUT2D eigenvalue weighted by Gasteiger charge is -2.08. The van der Waals surface area contributed by atoms with Crippen LogP contribution in [0.5, 0.6) is 5.75 Å². The molecule has 0 saturated carbocycles. The van der Waals surface area contributed by atoms with Gasteiger partial charge in [-0.25, -0.2) is 0 Å². The molecule has 0 radical (unpaired) electrons. The average Bonchev–Trinajstić information content (AvgIpc) is 2.48. The molecule has 2 heteroatoms. The van der Waals surface area contributed by atoms with Crippen LogP contribution in [0.1, 0.15) is 42.9 Å². The minimum atomic E-state index is -0.183. The van der Waals surface area contributed by atoms with Gasteiger partial charge in [0.15, 0.2) is 0 Å². The second-order valence-electron chi connectivity index (χ2n) is 5.64. The molecule has 0 aromatic heterocycles. The van der Waals surface area contributed by atoms with Crippen LogP contribution in [0.25, 0.3) is 0 Å². The van der Waals surface area contributed by atoms with Gasteiger partial charge in [-0.1, -0.05) is 56.3 Å². The summed E-state index contributed by atoms with van der Waals surface area (Å²) in [6, 6.07) is 16.0. The standard InChI is InChI=1S/C19H22O2/c1-14(2)17-11-8-16(9-12-17)10-13-19(20)21-18-7-5-4-6-15(18)3/h4-9,11-12,14H,10,13H2,1-3H3. The molecule has 0 atom stereocenters. The van der Waals surface area contributed by atoms with Gasteiger partial charge in [0.2, 0.25) is 0 Å². The van der Waals surface area contributed by atoms with Crippen LogP contribution in [-0.2, 0) is 11.2 Å². The van der Waals surface area contributed by atoms with Crippen molar-refractivity contribution in [2.45, 2.75) is 39.5 Å². The number of esters is 1. The summed E-state index contributed by atoms with van der Waals surface area (Å²) in [6.07, 6.45) is 1.11. The van der Waals surface area contributed by atoms with Crippen LogP contribution in [0, 0.1) is 6.92 Å². The summed E-state index contributed by atoms with van der Waals surface area (Å²) in [5.74, 6) is 1.000. The summed E-state index contributed by atoms with van der Waals surface area (Å²) in [6.45, 7) is 6.29. The number of carbonyl (C=O) groups is 1. The third-order valence-electron chi connectivity index (χ3n) is 3.58. The minimum Gasteiger partial charge on any atom is -0.426 e. The van der Waals surface area contributed by atoms with Gasteiger partial charge in [-0.2, -0.15) is 0 Å². The lowest BCUT2D eigenvalue weighted by Crippen LogP contribution is -2.09. The van der Waals surface area contributed by atoms with Crippen molar-refractivity contribution in [3.05, 3.63) is 65.2 Å². The van der Waals surface area contributed by atoms with E-state index in [-0.39, 0.29) is 5.97 Å².